The predicted octanol–water partition coefficient (Wildman–Crippen LogP) is 1.91. The van der Waals surface area contributed by atoms with Gasteiger partial charge in [0.15, 0.2) is 11.4 Å². The van der Waals surface area contributed by atoms with E-state index in [0.717, 1.165) is 6.07 Å². The van der Waals surface area contributed by atoms with Crippen LogP contribution in [0.25, 0.3) is 16.9 Å². The predicted molar refractivity (Wildman–Crippen MR) is 130 cm³/mol. The Hall–Kier alpha value is -4.09. The molecule has 3 aliphatic rings. The summed E-state index contributed by atoms with van der Waals surface area (Å²) in [5.41, 5.74) is 1.69. The molecule has 1 amide bonds. The standard InChI is InChI=1S/C27H24F2N2O7/c1-31(2)21-15-8-10-7-14-12(13-4-3-11(28)9-16(13)29)5-6-17(32)19(14)22(33)18(10)24(35)27(15,38)25(36)20(23(21)34)26(30)37/h3-6,9-10,15,21,32-33,36,38H,7-8H2,1-2H3,(H2,30,37). The lowest BCUT2D eigenvalue weighted by Crippen LogP contribution is -2.65. The Labute approximate surface area is 215 Å². The van der Waals surface area contributed by atoms with E-state index in [9.17, 15) is 43.6 Å². The van der Waals surface area contributed by atoms with Gasteiger partial charge in [-0.25, -0.2) is 8.78 Å². The number of halogens is 2. The Morgan fingerprint density at radius 2 is 1.74 bits per heavy atom. The van der Waals surface area contributed by atoms with Crippen molar-refractivity contribution in [2.75, 3.05) is 14.1 Å². The monoisotopic (exact) mass is 526 g/mol. The second kappa shape index (κ2) is 8.47. The Bertz CT molecular complexity index is 1510. The molecule has 4 unspecified atom stereocenters. The summed E-state index contributed by atoms with van der Waals surface area (Å²) >= 11 is 0. The molecule has 0 aromatic heterocycles. The number of phenolic OH excluding ortho intramolecular Hbond substituents is 1. The number of primary amides is 1. The van der Waals surface area contributed by atoms with Crippen LogP contribution in [0.4, 0.5) is 8.78 Å². The molecule has 3 aliphatic carbocycles. The van der Waals surface area contributed by atoms with Gasteiger partial charge in [0.2, 0.25) is 5.78 Å². The van der Waals surface area contributed by atoms with Crippen LogP contribution in [0.1, 0.15) is 17.5 Å². The first-order valence-electron chi connectivity index (χ1n) is 11.8. The summed E-state index contributed by atoms with van der Waals surface area (Å²) in [6, 6.07) is 4.35. The van der Waals surface area contributed by atoms with E-state index in [4.69, 9.17) is 5.73 Å². The van der Waals surface area contributed by atoms with Crippen LogP contribution in [0, 0.1) is 23.5 Å². The molecule has 5 rings (SSSR count). The molecule has 0 bridgehead atoms. The van der Waals surface area contributed by atoms with Crippen molar-refractivity contribution in [2.45, 2.75) is 24.5 Å². The number of nitrogens with zero attached hydrogens (tertiary/aromatic N) is 1. The summed E-state index contributed by atoms with van der Waals surface area (Å²) in [7, 11) is 3.00. The SMILES string of the molecule is CN(C)C1C(=O)C(C(N)=O)=C(O)C2(O)C(=O)C3=C(O)c4c(O)ccc(-c5ccc(F)cc5F)c4CC3CC12. The van der Waals surface area contributed by atoms with E-state index in [1.165, 1.54) is 37.2 Å². The van der Waals surface area contributed by atoms with Crippen molar-refractivity contribution in [3.8, 4) is 16.9 Å². The highest BCUT2D eigenvalue weighted by Crippen LogP contribution is 2.53. The maximum absolute atomic E-state index is 14.7. The zero-order valence-corrected chi connectivity index (χ0v) is 20.3. The fourth-order valence-electron chi connectivity index (χ4n) is 6.20. The highest BCUT2D eigenvalue weighted by Gasteiger charge is 2.64. The molecule has 0 radical (unpaired) electrons. The van der Waals surface area contributed by atoms with Gasteiger partial charge < -0.3 is 26.2 Å². The van der Waals surface area contributed by atoms with Crippen LogP contribution in [0.5, 0.6) is 5.75 Å². The molecule has 38 heavy (non-hydrogen) atoms. The number of hydrogen-bond donors (Lipinski definition) is 5. The van der Waals surface area contributed by atoms with Crippen LogP contribution in [-0.4, -0.2) is 68.5 Å². The molecule has 11 heteroatoms. The zero-order chi connectivity index (χ0) is 27.8. The second-order valence-corrected chi connectivity index (χ2v) is 10.1. The lowest BCUT2D eigenvalue weighted by atomic mass is 9.57. The number of nitrogens with two attached hydrogens (primary N) is 1. The Kier molecular flexibility index (Phi) is 5.69. The van der Waals surface area contributed by atoms with Gasteiger partial charge in [0.25, 0.3) is 5.91 Å². The highest BCUT2D eigenvalue weighted by molar-refractivity contribution is 6.24. The largest absolute Gasteiger partial charge is 0.508 e. The molecule has 1 fully saturated rings. The van der Waals surface area contributed by atoms with E-state index in [0.29, 0.717) is 6.07 Å². The average molecular weight is 526 g/mol. The van der Waals surface area contributed by atoms with Crippen LogP contribution in [-0.2, 0) is 20.8 Å². The van der Waals surface area contributed by atoms with E-state index >= 15 is 0 Å². The third-order valence-corrected chi connectivity index (χ3v) is 7.83. The normalized spacial score (nSPS) is 26.8. The number of phenols is 1. The molecule has 6 N–H and O–H groups in total. The number of carbonyl (C=O) groups is 3. The molecule has 0 spiro atoms. The number of aliphatic hydroxyl groups is 3. The molecular weight excluding hydrogens is 502 g/mol. The van der Waals surface area contributed by atoms with Gasteiger partial charge >= 0.3 is 0 Å². The first-order valence-corrected chi connectivity index (χ1v) is 11.8. The van der Waals surface area contributed by atoms with Crippen molar-refractivity contribution in [3.63, 3.8) is 0 Å². The fourth-order valence-corrected chi connectivity index (χ4v) is 6.20. The second-order valence-electron chi connectivity index (χ2n) is 10.1. The number of Topliss-reactive ketones (excluding diaryl/α,β-unsaturated/α-hetero) is 2. The highest BCUT2D eigenvalue weighted by atomic mass is 19.1. The first kappa shape index (κ1) is 25.6. The van der Waals surface area contributed by atoms with Crippen molar-refractivity contribution >= 4 is 23.2 Å². The number of carbonyl (C=O) groups excluding carboxylic acids is 3. The average Bonchev–Trinajstić information content (AvgIpc) is 2.81. The van der Waals surface area contributed by atoms with E-state index in [1.54, 1.807) is 0 Å². The minimum Gasteiger partial charge on any atom is -0.508 e. The molecule has 1 saturated carbocycles. The van der Waals surface area contributed by atoms with Gasteiger partial charge in [-0.3, -0.25) is 19.3 Å². The number of fused-ring (bicyclic) bond motifs is 3. The molecule has 9 nitrogen and oxygen atoms in total. The minimum absolute atomic E-state index is 0.00299. The third-order valence-electron chi connectivity index (χ3n) is 7.83. The molecule has 0 aliphatic heterocycles. The van der Waals surface area contributed by atoms with Crippen LogP contribution < -0.4 is 5.73 Å². The number of likely N-dealkylation sites (N-methyl/N-ethyl adjacent to an activating group) is 1. The van der Waals surface area contributed by atoms with Gasteiger partial charge in [0.05, 0.1) is 11.6 Å². The van der Waals surface area contributed by atoms with E-state index in [-0.39, 0.29) is 40.7 Å². The summed E-state index contributed by atoms with van der Waals surface area (Å²) in [5, 5.41) is 44.3. The van der Waals surface area contributed by atoms with Gasteiger partial charge in [-0.2, -0.15) is 0 Å². The van der Waals surface area contributed by atoms with Crippen LogP contribution in [0.3, 0.4) is 0 Å². The molecular formula is C27H24F2N2O7. The zero-order valence-electron chi connectivity index (χ0n) is 20.3. The summed E-state index contributed by atoms with van der Waals surface area (Å²) in [6.07, 6.45) is -0.123. The molecule has 2 aromatic carbocycles. The molecule has 198 valence electrons. The summed E-state index contributed by atoms with van der Waals surface area (Å²) in [5.74, 6) is -9.34. The summed E-state index contributed by atoms with van der Waals surface area (Å²) < 4.78 is 28.3. The minimum atomic E-state index is -2.75. The maximum atomic E-state index is 14.7. The maximum Gasteiger partial charge on any atom is 0.255 e. The Balaban J connectivity index is 1.75. The fraction of sp³-hybridized carbons (Fsp3) is 0.296. The van der Waals surface area contributed by atoms with Gasteiger partial charge in [0.1, 0.15) is 34.5 Å². The Morgan fingerprint density at radius 3 is 2.34 bits per heavy atom. The van der Waals surface area contributed by atoms with Crippen LogP contribution >= 0.6 is 0 Å². The lowest BCUT2D eigenvalue weighted by molar-refractivity contribution is -0.153. The van der Waals surface area contributed by atoms with E-state index in [2.05, 4.69) is 0 Å². The Morgan fingerprint density at radius 1 is 1.08 bits per heavy atom. The summed E-state index contributed by atoms with van der Waals surface area (Å²) in [6.45, 7) is 0. The number of aliphatic hydroxyl groups excluding tert-OH is 2. The number of hydrogen-bond acceptors (Lipinski definition) is 8. The van der Waals surface area contributed by atoms with Crippen LogP contribution in [0.15, 0.2) is 47.2 Å². The topological polar surface area (TPSA) is 161 Å². The van der Waals surface area contributed by atoms with Crippen LogP contribution in [0.2, 0.25) is 0 Å². The van der Waals surface area contributed by atoms with E-state index in [1.807, 2.05) is 0 Å². The number of rotatable bonds is 3. The van der Waals surface area contributed by atoms with Gasteiger partial charge in [-0.15, -0.1) is 0 Å². The van der Waals surface area contributed by atoms with Crippen molar-refractivity contribution in [2.24, 2.45) is 17.6 Å². The molecule has 0 saturated heterocycles. The van der Waals surface area contributed by atoms with Crippen molar-refractivity contribution in [3.05, 3.63) is 70.0 Å². The number of aromatic hydroxyl groups is 1. The van der Waals surface area contributed by atoms with E-state index < -0.39 is 75.4 Å². The lowest BCUT2D eigenvalue weighted by Gasteiger charge is -2.50. The quantitative estimate of drug-likeness (QED) is 0.379. The van der Waals surface area contributed by atoms with Crippen molar-refractivity contribution < 1.29 is 43.6 Å². The summed E-state index contributed by atoms with van der Waals surface area (Å²) in [4.78, 5) is 40.4. The van der Waals surface area contributed by atoms with Gasteiger partial charge in [0, 0.05) is 23.1 Å². The van der Waals surface area contributed by atoms with Gasteiger partial charge in [-0.05, 0) is 62.2 Å². The number of benzene rings is 2. The molecule has 2 aromatic rings. The van der Waals surface area contributed by atoms with Gasteiger partial charge in [-0.1, -0.05) is 6.07 Å². The first-order chi connectivity index (χ1) is 17.8. The smallest absolute Gasteiger partial charge is 0.255 e. The number of amides is 1. The van der Waals surface area contributed by atoms with Crippen molar-refractivity contribution in [1.82, 2.24) is 4.90 Å². The third kappa shape index (κ3) is 3.31. The number of ketones is 2. The van der Waals surface area contributed by atoms with Crippen molar-refractivity contribution in [1.29, 1.82) is 0 Å². The molecule has 4 atom stereocenters. The molecule has 0 heterocycles.